The molecule has 0 spiro atoms. The molecular formula is C18H20ClN3O3. The number of para-hydroxylation sites is 1. The van der Waals surface area contributed by atoms with E-state index in [9.17, 15) is 9.59 Å². The van der Waals surface area contributed by atoms with Crippen LogP contribution in [0.4, 0.5) is 11.5 Å². The van der Waals surface area contributed by atoms with Crippen LogP contribution in [-0.2, 0) is 9.63 Å². The van der Waals surface area contributed by atoms with E-state index in [1.807, 2.05) is 26.8 Å². The van der Waals surface area contributed by atoms with Gasteiger partial charge in [0.2, 0.25) is 5.91 Å². The number of nitrogens with zero attached hydrogens (tertiary/aromatic N) is 2. The average Bonchev–Trinajstić information content (AvgIpc) is 2.60. The highest BCUT2D eigenvalue weighted by atomic mass is 35.5. The molecule has 1 N–H and O–H groups in total. The van der Waals surface area contributed by atoms with Crippen LogP contribution in [0.5, 0.6) is 0 Å². The number of rotatable bonds is 5. The van der Waals surface area contributed by atoms with Gasteiger partial charge >= 0.3 is 0 Å². The first kappa shape index (κ1) is 18.9. The normalized spacial score (nSPS) is 11.0. The number of hydrogen-bond acceptors (Lipinski definition) is 4. The molecule has 0 bridgehead atoms. The van der Waals surface area contributed by atoms with Crippen LogP contribution in [0.25, 0.3) is 0 Å². The molecule has 1 heterocycles. The van der Waals surface area contributed by atoms with Crippen molar-refractivity contribution < 1.29 is 14.4 Å². The molecule has 1 aromatic heterocycles. The molecule has 0 unspecified atom stereocenters. The van der Waals surface area contributed by atoms with Gasteiger partial charge in [-0.1, -0.05) is 24.3 Å². The van der Waals surface area contributed by atoms with Crippen molar-refractivity contribution in [3.8, 4) is 0 Å². The molecule has 0 fully saturated rings. The molecule has 2 amide bonds. The van der Waals surface area contributed by atoms with Crippen molar-refractivity contribution >= 4 is 34.9 Å². The summed E-state index contributed by atoms with van der Waals surface area (Å²) in [5, 5.41) is 0. The predicted octanol–water partition coefficient (Wildman–Crippen LogP) is 3.45. The van der Waals surface area contributed by atoms with Crippen molar-refractivity contribution in [1.82, 2.24) is 10.5 Å². The van der Waals surface area contributed by atoms with E-state index < -0.39 is 11.5 Å². The Bertz CT molecular complexity index is 745. The molecule has 2 rings (SSSR count). The van der Waals surface area contributed by atoms with E-state index >= 15 is 0 Å². The Kier molecular flexibility index (Phi) is 6.12. The van der Waals surface area contributed by atoms with Gasteiger partial charge in [-0.3, -0.25) is 19.3 Å². The zero-order valence-electron chi connectivity index (χ0n) is 14.3. The lowest BCUT2D eigenvalue weighted by molar-refractivity contribution is -0.115. The Morgan fingerprint density at radius 3 is 2.40 bits per heavy atom. The first-order valence-electron chi connectivity index (χ1n) is 7.71. The minimum absolute atomic E-state index is 0.130. The van der Waals surface area contributed by atoms with E-state index in [1.54, 1.807) is 42.5 Å². The maximum atomic E-state index is 12.3. The molecule has 2 aromatic rings. The number of carbonyl (C=O) groups excluding carboxylic acids is 2. The fraction of sp³-hybridized carbons (Fsp3) is 0.278. The van der Waals surface area contributed by atoms with E-state index in [0.717, 1.165) is 0 Å². The van der Waals surface area contributed by atoms with E-state index in [2.05, 4.69) is 10.5 Å². The summed E-state index contributed by atoms with van der Waals surface area (Å²) >= 11 is 5.73. The molecule has 0 aliphatic heterocycles. The summed E-state index contributed by atoms with van der Waals surface area (Å²) < 4.78 is 0. The van der Waals surface area contributed by atoms with Gasteiger partial charge in [-0.2, -0.15) is 0 Å². The van der Waals surface area contributed by atoms with E-state index in [4.69, 9.17) is 16.4 Å². The maximum Gasteiger partial charge on any atom is 0.293 e. The highest BCUT2D eigenvalue weighted by Gasteiger charge is 2.20. The van der Waals surface area contributed by atoms with Crippen LogP contribution in [0.2, 0.25) is 0 Å². The van der Waals surface area contributed by atoms with Crippen LogP contribution < -0.4 is 10.4 Å². The van der Waals surface area contributed by atoms with Crippen LogP contribution in [0.15, 0.2) is 48.5 Å². The lowest BCUT2D eigenvalue weighted by atomic mass is 10.2. The Balaban J connectivity index is 2.31. The number of pyridine rings is 1. The molecule has 0 atom stereocenters. The Labute approximate surface area is 151 Å². The first-order chi connectivity index (χ1) is 11.8. The van der Waals surface area contributed by atoms with Crippen molar-refractivity contribution in [1.29, 1.82) is 0 Å². The number of anilines is 2. The number of carbonyl (C=O) groups is 2. The number of nitrogens with one attached hydrogen (secondary N) is 1. The number of hydrogen-bond donors (Lipinski definition) is 1. The maximum absolute atomic E-state index is 12.3. The minimum atomic E-state index is -0.530. The summed E-state index contributed by atoms with van der Waals surface area (Å²) in [7, 11) is 0. The Morgan fingerprint density at radius 2 is 1.80 bits per heavy atom. The van der Waals surface area contributed by atoms with Crippen molar-refractivity contribution in [2.24, 2.45) is 0 Å². The smallest absolute Gasteiger partial charge is 0.273 e. The van der Waals surface area contributed by atoms with Gasteiger partial charge in [-0.05, 0) is 45.0 Å². The van der Waals surface area contributed by atoms with Gasteiger partial charge in [0.25, 0.3) is 5.91 Å². The molecule has 0 aliphatic rings. The van der Waals surface area contributed by atoms with Crippen molar-refractivity contribution in [3.63, 3.8) is 0 Å². The van der Waals surface area contributed by atoms with Gasteiger partial charge in [-0.15, -0.1) is 11.6 Å². The van der Waals surface area contributed by atoms with Gasteiger partial charge < -0.3 is 0 Å². The minimum Gasteiger partial charge on any atom is -0.273 e. The monoisotopic (exact) mass is 361 g/mol. The third-order valence-electron chi connectivity index (χ3n) is 3.02. The van der Waals surface area contributed by atoms with Gasteiger partial charge in [0, 0.05) is 0 Å². The topological polar surface area (TPSA) is 71.5 Å². The summed E-state index contributed by atoms with van der Waals surface area (Å²) in [5.41, 5.74) is 2.57. The standard InChI is InChI=1S/C18H20ClN3O3/c1-18(2,3)25-21-17(24)14-10-7-11-15(20-14)22(16(23)12-19)13-8-5-4-6-9-13/h4-11H,12H2,1-3H3,(H,21,24). The van der Waals surface area contributed by atoms with Crippen molar-refractivity contribution in [3.05, 3.63) is 54.2 Å². The summed E-state index contributed by atoms with van der Waals surface area (Å²) in [4.78, 5) is 35.4. The molecule has 1 aromatic carbocycles. The second kappa shape index (κ2) is 8.09. The van der Waals surface area contributed by atoms with Gasteiger partial charge in [0.15, 0.2) is 0 Å². The highest BCUT2D eigenvalue weighted by molar-refractivity contribution is 6.30. The Hall–Kier alpha value is -2.44. The molecule has 0 saturated heterocycles. The number of halogens is 1. The lowest BCUT2D eigenvalue weighted by Crippen LogP contribution is -2.34. The first-order valence-corrected chi connectivity index (χ1v) is 8.24. The second-order valence-corrected chi connectivity index (χ2v) is 6.49. The van der Waals surface area contributed by atoms with Crippen LogP contribution in [0.3, 0.4) is 0 Å². The van der Waals surface area contributed by atoms with Crippen molar-refractivity contribution in [2.75, 3.05) is 10.8 Å². The molecule has 0 radical (unpaired) electrons. The molecule has 0 aliphatic carbocycles. The zero-order chi connectivity index (χ0) is 18.4. The molecule has 132 valence electrons. The number of hydroxylamine groups is 1. The van der Waals surface area contributed by atoms with Gasteiger partial charge in [0.05, 0.1) is 11.3 Å². The number of alkyl halides is 1. The predicted molar refractivity (Wildman–Crippen MR) is 96.8 cm³/mol. The fourth-order valence-electron chi connectivity index (χ4n) is 1.97. The van der Waals surface area contributed by atoms with Crippen LogP contribution in [-0.4, -0.2) is 28.3 Å². The number of aromatic nitrogens is 1. The van der Waals surface area contributed by atoms with E-state index in [-0.39, 0.29) is 17.5 Å². The summed E-state index contributed by atoms with van der Waals surface area (Å²) in [5.74, 6) is -0.743. The van der Waals surface area contributed by atoms with Gasteiger partial charge in [-0.25, -0.2) is 10.5 Å². The highest BCUT2D eigenvalue weighted by Crippen LogP contribution is 2.24. The summed E-state index contributed by atoms with van der Waals surface area (Å²) in [6, 6.07) is 13.8. The average molecular weight is 362 g/mol. The number of amides is 2. The quantitative estimate of drug-likeness (QED) is 0.654. The van der Waals surface area contributed by atoms with E-state index in [1.165, 1.54) is 4.90 Å². The van der Waals surface area contributed by atoms with Crippen molar-refractivity contribution in [2.45, 2.75) is 26.4 Å². The van der Waals surface area contributed by atoms with Gasteiger partial charge in [0.1, 0.15) is 17.4 Å². The zero-order valence-corrected chi connectivity index (χ0v) is 15.1. The number of benzene rings is 1. The van der Waals surface area contributed by atoms with Crippen LogP contribution in [0.1, 0.15) is 31.3 Å². The molecule has 7 heteroatoms. The third-order valence-corrected chi connectivity index (χ3v) is 3.25. The summed E-state index contributed by atoms with van der Waals surface area (Å²) in [6.07, 6.45) is 0. The SMILES string of the molecule is CC(C)(C)ONC(=O)c1cccc(N(C(=O)CCl)c2ccccc2)n1. The third kappa shape index (κ3) is 5.27. The Morgan fingerprint density at radius 1 is 1.12 bits per heavy atom. The molecule has 0 saturated carbocycles. The lowest BCUT2D eigenvalue weighted by Gasteiger charge is -2.22. The second-order valence-electron chi connectivity index (χ2n) is 6.22. The van der Waals surface area contributed by atoms with E-state index in [0.29, 0.717) is 11.5 Å². The largest absolute Gasteiger partial charge is 0.293 e. The molecule has 25 heavy (non-hydrogen) atoms. The van der Waals surface area contributed by atoms with Crippen LogP contribution >= 0.6 is 11.6 Å². The summed E-state index contributed by atoms with van der Waals surface area (Å²) in [6.45, 7) is 5.44. The van der Waals surface area contributed by atoms with Crippen LogP contribution in [0, 0.1) is 0 Å². The molecular weight excluding hydrogens is 342 g/mol. The fourth-order valence-corrected chi connectivity index (χ4v) is 2.09. The molecule has 6 nitrogen and oxygen atoms in total.